The van der Waals surface area contributed by atoms with Crippen molar-refractivity contribution in [1.29, 1.82) is 0 Å². The molecule has 0 heterocycles. The van der Waals surface area contributed by atoms with Crippen molar-refractivity contribution >= 4 is 15.9 Å². The van der Waals surface area contributed by atoms with Gasteiger partial charge in [0.25, 0.3) is 0 Å². The zero-order valence-corrected chi connectivity index (χ0v) is 17.8. The van der Waals surface area contributed by atoms with E-state index in [1.807, 2.05) is 0 Å². The smallest absolute Gasteiger partial charge is 0.126 e. The molecule has 0 bridgehead atoms. The van der Waals surface area contributed by atoms with E-state index in [4.69, 9.17) is 4.31 Å². The van der Waals surface area contributed by atoms with Crippen LogP contribution in [0.3, 0.4) is 0 Å². The topological polar surface area (TPSA) is 28.7 Å². The van der Waals surface area contributed by atoms with Crippen molar-refractivity contribution in [3.8, 4) is 0 Å². The Bertz CT molecular complexity index is 249. The lowest BCUT2D eigenvalue weighted by molar-refractivity contribution is 0.295. The second kappa shape index (κ2) is 7.91. The van der Waals surface area contributed by atoms with Crippen LogP contribution in [0.2, 0.25) is 0 Å². The summed E-state index contributed by atoms with van der Waals surface area (Å²) in [6.07, 6.45) is 0. The van der Waals surface area contributed by atoms with Crippen LogP contribution in [0.15, 0.2) is 0 Å². The van der Waals surface area contributed by atoms with E-state index in [0.717, 1.165) is 0 Å². The molecule has 21 heavy (non-hydrogen) atoms. The van der Waals surface area contributed by atoms with E-state index in [2.05, 4.69) is 113 Å². The Hall–Kier alpha value is 0.580. The van der Waals surface area contributed by atoms with Gasteiger partial charge >= 0.3 is 15.9 Å². The summed E-state index contributed by atoms with van der Waals surface area (Å²) in [7, 11) is 20.9. The van der Waals surface area contributed by atoms with Gasteiger partial charge in [0.1, 0.15) is 0 Å². The van der Waals surface area contributed by atoms with Gasteiger partial charge < -0.3 is 0 Å². The molecule has 0 unspecified atom stereocenters. The van der Waals surface area contributed by atoms with Gasteiger partial charge in [0.2, 0.25) is 0 Å². The fourth-order valence-electron chi connectivity index (χ4n) is 2.73. The standard InChI is InChI=1S/C12H36N6OP2/c1-13(2)20(14(3)4,15(5)6)19-21(16(7)8,17(9)10)18(11)12/h1-12H3/q+2. The average molecular weight is 342 g/mol. The molecule has 0 aromatic carbocycles. The zero-order chi connectivity index (χ0) is 17.2. The molecule has 0 atom stereocenters. The highest BCUT2D eigenvalue weighted by atomic mass is 31.3. The molecule has 0 aromatic heterocycles. The highest BCUT2D eigenvalue weighted by Crippen LogP contribution is 2.80. The molecule has 0 radical (unpaired) electrons. The number of rotatable bonds is 8. The minimum atomic E-state index is -2.07. The summed E-state index contributed by atoms with van der Waals surface area (Å²) in [4.78, 5) is 0. The van der Waals surface area contributed by atoms with Crippen LogP contribution in [-0.4, -0.2) is 113 Å². The SMILES string of the molecule is CN(C)[P+](O[P+](N(C)C)(N(C)C)N(C)C)(N(C)C)N(C)C. The lowest BCUT2D eigenvalue weighted by Crippen LogP contribution is -2.44. The second-order valence-corrected chi connectivity index (χ2v) is 13.7. The van der Waals surface area contributed by atoms with E-state index in [0.29, 0.717) is 0 Å². The first-order valence-corrected chi connectivity index (χ1v) is 10.1. The highest BCUT2D eigenvalue weighted by molar-refractivity contribution is 7.77. The Labute approximate surface area is 133 Å². The van der Waals surface area contributed by atoms with Crippen molar-refractivity contribution in [2.45, 2.75) is 0 Å². The van der Waals surface area contributed by atoms with E-state index in [9.17, 15) is 0 Å². The molecular formula is C12H36N6OP2+2. The Balaban J connectivity index is 6.06. The maximum absolute atomic E-state index is 6.97. The van der Waals surface area contributed by atoms with Crippen molar-refractivity contribution in [2.75, 3.05) is 84.6 Å². The van der Waals surface area contributed by atoms with Crippen molar-refractivity contribution < 1.29 is 4.31 Å². The van der Waals surface area contributed by atoms with E-state index in [1.54, 1.807) is 0 Å². The molecule has 0 amide bonds. The minimum Gasteiger partial charge on any atom is -0.126 e. The monoisotopic (exact) mass is 342 g/mol. The van der Waals surface area contributed by atoms with Crippen LogP contribution < -0.4 is 0 Å². The number of hydrogen-bond donors (Lipinski definition) is 0. The van der Waals surface area contributed by atoms with E-state index in [1.165, 1.54) is 0 Å². The summed E-state index contributed by atoms with van der Waals surface area (Å²) < 4.78 is 20.2. The van der Waals surface area contributed by atoms with Gasteiger partial charge in [-0.2, -0.15) is 0 Å². The average Bonchev–Trinajstić information content (AvgIpc) is 2.26. The van der Waals surface area contributed by atoms with Crippen LogP contribution in [0.5, 0.6) is 0 Å². The molecular weight excluding hydrogens is 306 g/mol. The summed E-state index contributed by atoms with van der Waals surface area (Å²) in [5.74, 6) is 0. The minimum absolute atomic E-state index is 2.07. The van der Waals surface area contributed by atoms with Gasteiger partial charge in [-0.3, -0.25) is 0 Å². The summed E-state index contributed by atoms with van der Waals surface area (Å²) in [5, 5.41) is 0. The lowest BCUT2D eigenvalue weighted by atomic mass is 11.2. The van der Waals surface area contributed by atoms with Crippen molar-refractivity contribution in [1.82, 2.24) is 28.0 Å². The van der Waals surface area contributed by atoms with Crippen LogP contribution in [0.25, 0.3) is 0 Å². The van der Waals surface area contributed by atoms with Crippen LogP contribution in [0, 0.1) is 0 Å². The molecule has 0 aliphatic rings. The molecule has 0 aromatic rings. The number of hydrogen-bond acceptors (Lipinski definition) is 7. The van der Waals surface area contributed by atoms with Gasteiger partial charge in [-0.1, -0.05) is 0 Å². The predicted octanol–water partition coefficient (Wildman–Crippen LogP) is 1.73. The third-order valence-corrected chi connectivity index (χ3v) is 11.4. The summed E-state index contributed by atoms with van der Waals surface area (Å²) in [5.41, 5.74) is 0. The van der Waals surface area contributed by atoms with Gasteiger partial charge in [-0.05, 0) is 0 Å². The summed E-state index contributed by atoms with van der Waals surface area (Å²) in [6.45, 7) is 0. The maximum atomic E-state index is 6.97. The molecule has 0 saturated heterocycles. The Morgan fingerprint density at radius 3 is 0.619 bits per heavy atom. The quantitative estimate of drug-likeness (QED) is 0.621. The van der Waals surface area contributed by atoms with E-state index >= 15 is 0 Å². The van der Waals surface area contributed by atoms with Gasteiger partial charge in [0.05, 0.1) is 0 Å². The Morgan fingerprint density at radius 1 is 0.381 bits per heavy atom. The summed E-state index contributed by atoms with van der Waals surface area (Å²) in [6, 6.07) is 0. The Morgan fingerprint density at radius 2 is 0.524 bits per heavy atom. The van der Waals surface area contributed by atoms with Crippen LogP contribution in [0.4, 0.5) is 0 Å². The van der Waals surface area contributed by atoms with Crippen LogP contribution in [-0.2, 0) is 4.31 Å². The van der Waals surface area contributed by atoms with Crippen molar-refractivity contribution in [3.63, 3.8) is 0 Å². The molecule has 0 aliphatic heterocycles. The molecule has 0 rings (SSSR count). The second-order valence-electron chi connectivity index (χ2n) is 6.19. The van der Waals surface area contributed by atoms with Crippen LogP contribution in [0.1, 0.15) is 0 Å². The molecule has 7 nitrogen and oxygen atoms in total. The molecule has 0 N–H and O–H groups in total. The number of nitrogens with zero attached hydrogens (tertiary/aromatic N) is 6. The van der Waals surface area contributed by atoms with Crippen molar-refractivity contribution in [3.05, 3.63) is 0 Å². The lowest BCUT2D eigenvalue weighted by Gasteiger charge is -2.42. The van der Waals surface area contributed by atoms with E-state index in [-0.39, 0.29) is 0 Å². The first-order chi connectivity index (χ1) is 9.37. The van der Waals surface area contributed by atoms with Gasteiger partial charge in [-0.15, -0.1) is 28.0 Å². The highest BCUT2D eigenvalue weighted by Gasteiger charge is 2.67. The first kappa shape index (κ1) is 21.6. The third-order valence-electron chi connectivity index (χ3n) is 3.35. The van der Waals surface area contributed by atoms with Gasteiger partial charge in [0.15, 0.2) is 0 Å². The van der Waals surface area contributed by atoms with Crippen molar-refractivity contribution in [2.24, 2.45) is 0 Å². The third kappa shape index (κ3) is 3.92. The normalized spacial score (nSPS) is 14.6. The van der Waals surface area contributed by atoms with Crippen LogP contribution >= 0.6 is 15.9 Å². The molecule has 0 saturated carbocycles. The molecule has 0 aliphatic carbocycles. The predicted molar refractivity (Wildman–Crippen MR) is 97.0 cm³/mol. The fraction of sp³-hybridized carbons (Fsp3) is 1.00. The molecule has 0 spiro atoms. The zero-order valence-electron chi connectivity index (χ0n) is 16.0. The summed E-state index contributed by atoms with van der Waals surface area (Å²) >= 11 is 0. The van der Waals surface area contributed by atoms with Gasteiger partial charge in [0, 0.05) is 88.9 Å². The first-order valence-electron chi connectivity index (χ1n) is 6.93. The Kier molecular flexibility index (Phi) is 8.13. The van der Waals surface area contributed by atoms with Gasteiger partial charge in [-0.25, -0.2) is 0 Å². The fourth-order valence-corrected chi connectivity index (χ4v) is 11.7. The molecule has 0 fully saturated rings. The van der Waals surface area contributed by atoms with E-state index < -0.39 is 15.9 Å². The largest absolute Gasteiger partial charge is 0.425 e. The maximum Gasteiger partial charge on any atom is 0.425 e. The molecule has 9 heteroatoms. The molecule has 128 valence electrons.